The van der Waals surface area contributed by atoms with Gasteiger partial charge in [0.25, 0.3) is 0 Å². The Morgan fingerprint density at radius 1 is 1.33 bits per heavy atom. The zero-order chi connectivity index (χ0) is 16.7. The van der Waals surface area contributed by atoms with E-state index in [0.717, 1.165) is 22.8 Å². The molecule has 1 unspecified atom stereocenters. The van der Waals surface area contributed by atoms with E-state index in [9.17, 15) is 4.79 Å². The molecule has 0 bridgehead atoms. The van der Waals surface area contributed by atoms with Crippen LogP contribution in [0.3, 0.4) is 0 Å². The lowest BCUT2D eigenvalue weighted by atomic mass is 10.1. The van der Waals surface area contributed by atoms with Crippen LogP contribution in [0.25, 0.3) is 5.69 Å². The second-order valence-corrected chi connectivity index (χ2v) is 8.00. The number of aryl methyl sites for hydroxylation is 1. The molecule has 0 spiro atoms. The highest BCUT2D eigenvalue weighted by atomic mass is 35.5. The Bertz CT molecular complexity index is 905. The van der Waals surface area contributed by atoms with Gasteiger partial charge in [-0.25, -0.2) is 4.68 Å². The van der Waals surface area contributed by atoms with E-state index in [2.05, 4.69) is 21.9 Å². The quantitative estimate of drug-likeness (QED) is 0.708. The minimum Gasteiger partial charge on any atom is -0.310 e. The molecule has 4 nitrogen and oxygen atoms in total. The van der Waals surface area contributed by atoms with E-state index >= 15 is 0 Å². The second-order valence-electron chi connectivity index (χ2n) is 5.49. The van der Waals surface area contributed by atoms with E-state index in [4.69, 9.17) is 11.6 Å². The van der Waals surface area contributed by atoms with Gasteiger partial charge in [-0.2, -0.15) is 5.10 Å². The van der Waals surface area contributed by atoms with Crippen molar-refractivity contribution in [3.8, 4) is 5.69 Å². The molecule has 2 aromatic heterocycles. The normalized spacial score (nSPS) is 17.2. The standard InChI is InChI=1S/C17H14ClN3OS2/c1-10-15-16(13-6-3-7-23-13)24-9-14(22)19-17(15)21(20-10)12-5-2-4-11(18)8-12/h2-8,16H,9H2,1H3,(H,19,22). The average Bonchev–Trinajstić information content (AvgIpc) is 3.14. The number of amides is 1. The summed E-state index contributed by atoms with van der Waals surface area (Å²) in [5.74, 6) is 1.15. The van der Waals surface area contributed by atoms with Crippen molar-refractivity contribution in [2.45, 2.75) is 12.2 Å². The van der Waals surface area contributed by atoms with Crippen molar-refractivity contribution >= 4 is 46.4 Å². The van der Waals surface area contributed by atoms with Gasteiger partial charge >= 0.3 is 0 Å². The molecule has 0 saturated heterocycles. The second kappa shape index (κ2) is 6.27. The molecule has 1 N–H and O–H groups in total. The van der Waals surface area contributed by atoms with Gasteiger partial charge in [-0.1, -0.05) is 23.7 Å². The molecular formula is C17H14ClN3OS2. The molecule has 122 valence electrons. The molecule has 1 amide bonds. The molecule has 1 atom stereocenters. The molecule has 0 fully saturated rings. The van der Waals surface area contributed by atoms with Crippen LogP contribution < -0.4 is 5.32 Å². The van der Waals surface area contributed by atoms with Crippen LogP contribution in [-0.2, 0) is 4.79 Å². The van der Waals surface area contributed by atoms with E-state index in [1.165, 1.54) is 4.88 Å². The number of benzene rings is 1. The maximum absolute atomic E-state index is 12.2. The summed E-state index contributed by atoms with van der Waals surface area (Å²) in [5.41, 5.74) is 2.82. The van der Waals surface area contributed by atoms with Crippen LogP contribution in [-0.4, -0.2) is 21.4 Å². The number of carbonyl (C=O) groups excluding carboxylic acids is 1. The molecule has 4 rings (SSSR count). The number of nitrogens with one attached hydrogen (secondary N) is 1. The van der Waals surface area contributed by atoms with Crippen molar-refractivity contribution < 1.29 is 4.79 Å². The number of aromatic nitrogens is 2. The Morgan fingerprint density at radius 2 is 2.21 bits per heavy atom. The van der Waals surface area contributed by atoms with Crippen molar-refractivity contribution in [2.24, 2.45) is 0 Å². The largest absolute Gasteiger partial charge is 0.310 e. The summed E-state index contributed by atoms with van der Waals surface area (Å²) >= 11 is 9.46. The minimum atomic E-state index is -0.0107. The van der Waals surface area contributed by atoms with E-state index < -0.39 is 0 Å². The maximum Gasteiger partial charge on any atom is 0.235 e. The third-order valence-corrected chi connectivity index (χ3v) is 6.44. The lowest BCUT2D eigenvalue weighted by Gasteiger charge is -2.13. The van der Waals surface area contributed by atoms with Gasteiger partial charge in [0.15, 0.2) is 0 Å². The highest BCUT2D eigenvalue weighted by Gasteiger charge is 2.31. The Labute approximate surface area is 152 Å². The van der Waals surface area contributed by atoms with Crippen LogP contribution in [0.4, 0.5) is 5.82 Å². The Balaban J connectivity index is 1.91. The highest BCUT2D eigenvalue weighted by molar-refractivity contribution is 8.00. The Hall–Kier alpha value is -1.76. The topological polar surface area (TPSA) is 46.9 Å². The fraction of sp³-hybridized carbons (Fsp3) is 0.176. The molecule has 0 aliphatic carbocycles. The van der Waals surface area contributed by atoms with E-state index in [-0.39, 0.29) is 11.2 Å². The summed E-state index contributed by atoms with van der Waals surface area (Å²) in [6.45, 7) is 1.98. The summed E-state index contributed by atoms with van der Waals surface area (Å²) in [5, 5.41) is 10.5. The van der Waals surface area contributed by atoms with Gasteiger partial charge in [0, 0.05) is 15.5 Å². The third kappa shape index (κ3) is 2.75. The first kappa shape index (κ1) is 15.7. The SMILES string of the molecule is Cc1nn(-c2cccc(Cl)c2)c2c1C(c1cccs1)SCC(=O)N2. The van der Waals surface area contributed by atoms with Gasteiger partial charge in [0.05, 0.1) is 22.4 Å². The first-order valence-electron chi connectivity index (χ1n) is 7.44. The number of fused-ring (bicyclic) bond motifs is 1. The van der Waals surface area contributed by atoms with Gasteiger partial charge in [-0.05, 0) is 36.6 Å². The van der Waals surface area contributed by atoms with Crippen LogP contribution in [0.2, 0.25) is 5.02 Å². The maximum atomic E-state index is 12.2. The van der Waals surface area contributed by atoms with Crippen molar-refractivity contribution in [2.75, 3.05) is 11.1 Å². The van der Waals surface area contributed by atoms with Gasteiger partial charge in [-0.3, -0.25) is 4.79 Å². The van der Waals surface area contributed by atoms with Gasteiger partial charge in [0.2, 0.25) is 5.91 Å². The van der Waals surface area contributed by atoms with Crippen LogP contribution in [0.15, 0.2) is 41.8 Å². The van der Waals surface area contributed by atoms with E-state index in [0.29, 0.717) is 10.8 Å². The molecule has 1 aromatic carbocycles. The van der Waals surface area contributed by atoms with Crippen molar-refractivity contribution in [1.82, 2.24) is 9.78 Å². The van der Waals surface area contributed by atoms with Crippen molar-refractivity contribution in [1.29, 1.82) is 0 Å². The van der Waals surface area contributed by atoms with Crippen LogP contribution in [0, 0.1) is 6.92 Å². The smallest absolute Gasteiger partial charge is 0.235 e. The Morgan fingerprint density at radius 3 is 2.96 bits per heavy atom. The fourth-order valence-corrected chi connectivity index (χ4v) is 5.19. The van der Waals surface area contributed by atoms with Crippen LogP contribution in [0.1, 0.15) is 21.4 Å². The van der Waals surface area contributed by atoms with Crippen molar-refractivity contribution in [3.05, 3.63) is 62.9 Å². The molecule has 24 heavy (non-hydrogen) atoms. The van der Waals surface area contributed by atoms with Gasteiger partial charge in [0.1, 0.15) is 5.82 Å². The number of rotatable bonds is 2. The number of anilines is 1. The minimum absolute atomic E-state index is 0.0107. The fourth-order valence-electron chi connectivity index (χ4n) is 2.84. The number of hydrogen-bond acceptors (Lipinski definition) is 4. The molecule has 0 radical (unpaired) electrons. The number of thiophene rings is 1. The predicted molar refractivity (Wildman–Crippen MR) is 101 cm³/mol. The number of thioether (sulfide) groups is 1. The van der Waals surface area contributed by atoms with E-state index in [1.54, 1.807) is 27.8 Å². The van der Waals surface area contributed by atoms with Crippen LogP contribution >= 0.6 is 34.7 Å². The predicted octanol–water partition coefficient (Wildman–Crippen LogP) is 4.67. The highest BCUT2D eigenvalue weighted by Crippen LogP contribution is 2.45. The molecular weight excluding hydrogens is 362 g/mol. The zero-order valence-electron chi connectivity index (χ0n) is 12.8. The summed E-state index contributed by atoms with van der Waals surface area (Å²) in [6, 6.07) is 11.6. The number of carbonyl (C=O) groups is 1. The summed E-state index contributed by atoms with van der Waals surface area (Å²) < 4.78 is 1.78. The summed E-state index contributed by atoms with van der Waals surface area (Å²) in [4.78, 5) is 13.5. The van der Waals surface area contributed by atoms with Crippen molar-refractivity contribution in [3.63, 3.8) is 0 Å². The summed E-state index contributed by atoms with van der Waals surface area (Å²) in [7, 11) is 0. The molecule has 0 saturated carbocycles. The lowest BCUT2D eigenvalue weighted by molar-refractivity contribution is -0.113. The monoisotopic (exact) mass is 375 g/mol. The molecule has 7 heteroatoms. The zero-order valence-corrected chi connectivity index (χ0v) is 15.2. The average molecular weight is 376 g/mol. The molecule has 1 aliphatic rings. The van der Waals surface area contributed by atoms with E-state index in [1.807, 2.05) is 37.3 Å². The summed E-state index contributed by atoms with van der Waals surface area (Å²) in [6.07, 6.45) is 0. The first-order chi connectivity index (χ1) is 11.6. The van der Waals surface area contributed by atoms with Gasteiger partial charge < -0.3 is 5.32 Å². The van der Waals surface area contributed by atoms with Gasteiger partial charge in [-0.15, -0.1) is 23.1 Å². The Kier molecular flexibility index (Phi) is 4.12. The number of nitrogens with zero attached hydrogens (tertiary/aromatic N) is 2. The lowest BCUT2D eigenvalue weighted by Crippen LogP contribution is -2.15. The third-order valence-electron chi connectivity index (χ3n) is 3.86. The molecule has 1 aliphatic heterocycles. The number of hydrogen-bond donors (Lipinski definition) is 1. The number of halogens is 1. The molecule has 3 aromatic rings. The first-order valence-corrected chi connectivity index (χ1v) is 9.74. The molecule has 3 heterocycles. The van der Waals surface area contributed by atoms with Crippen LogP contribution in [0.5, 0.6) is 0 Å².